The van der Waals surface area contributed by atoms with Crippen LogP contribution in [0.2, 0.25) is 0 Å². The van der Waals surface area contributed by atoms with E-state index in [2.05, 4.69) is 34.1 Å². The maximum atomic E-state index is 5.66. The van der Waals surface area contributed by atoms with Crippen LogP contribution in [0.3, 0.4) is 0 Å². The van der Waals surface area contributed by atoms with Crippen LogP contribution < -0.4 is 16.0 Å². The number of nitrogens with one attached hydrogen (secondary N) is 1. The molecule has 1 atom stereocenters. The Balaban J connectivity index is 2.60. The minimum absolute atomic E-state index is 0.242. The van der Waals surface area contributed by atoms with Gasteiger partial charge in [-0.3, -0.25) is 0 Å². The van der Waals surface area contributed by atoms with Crippen LogP contribution >= 0.6 is 11.8 Å². The highest BCUT2D eigenvalue weighted by atomic mass is 32.2. The molecule has 0 fully saturated rings. The van der Waals surface area contributed by atoms with E-state index in [1.165, 1.54) is 0 Å². The largest absolute Gasteiger partial charge is 0.368 e. The van der Waals surface area contributed by atoms with E-state index in [-0.39, 0.29) is 5.95 Å². The van der Waals surface area contributed by atoms with Gasteiger partial charge in [-0.15, -0.1) is 0 Å². The molecule has 0 aliphatic carbocycles. The van der Waals surface area contributed by atoms with Gasteiger partial charge in [0.25, 0.3) is 0 Å². The van der Waals surface area contributed by atoms with Crippen molar-refractivity contribution in [1.82, 2.24) is 15.0 Å². The molecule has 1 unspecified atom stereocenters. The Morgan fingerprint density at radius 1 is 1.33 bits per heavy atom. The van der Waals surface area contributed by atoms with Gasteiger partial charge < -0.3 is 16.0 Å². The topological polar surface area (TPSA) is 80.0 Å². The summed E-state index contributed by atoms with van der Waals surface area (Å²) in [5.41, 5.74) is 5.66. The van der Waals surface area contributed by atoms with E-state index in [0.717, 1.165) is 17.9 Å². The van der Waals surface area contributed by atoms with Crippen LogP contribution in [0.15, 0.2) is 0 Å². The van der Waals surface area contributed by atoms with Gasteiger partial charge in [0.15, 0.2) is 0 Å². The number of rotatable bonds is 7. The molecule has 6 nitrogen and oxygen atoms in total. The lowest BCUT2D eigenvalue weighted by molar-refractivity contribution is 0.757. The van der Waals surface area contributed by atoms with Crippen molar-refractivity contribution < 1.29 is 0 Å². The lowest BCUT2D eigenvalue weighted by atomic mass is 10.3. The second kappa shape index (κ2) is 7.25. The smallest absolute Gasteiger partial charge is 0.231 e. The van der Waals surface area contributed by atoms with Gasteiger partial charge in [-0.25, -0.2) is 0 Å². The summed E-state index contributed by atoms with van der Waals surface area (Å²) in [5.74, 6) is 3.63. The van der Waals surface area contributed by atoms with E-state index < -0.39 is 0 Å². The molecular weight excluding hydrogens is 248 g/mol. The number of nitrogens with zero attached hydrogens (tertiary/aromatic N) is 4. The zero-order valence-electron chi connectivity index (χ0n) is 11.5. The number of anilines is 3. The molecule has 3 N–H and O–H groups in total. The molecule has 0 bridgehead atoms. The minimum atomic E-state index is 0.242. The van der Waals surface area contributed by atoms with Gasteiger partial charge in [-0.05, 0) is 24.9 Å². The summed E-state index contributed by atoms with van der Waals surface area (Å²) in [5, 5.41) is 3.25. The van der Waals surface area contributed by atoms with Crippen LogP contribution in [0.1, 0.15) is 20.3 Å². The van der Waals surface area contributed by atoms with Crippen LogP contribution in [-0.4, -0.2) is 46.6 Å². The van der Waals surface area contributed by atoms with E-state index in [4.69, 9.17) is 5.73 Å². The fourth-order valence-corrected chi connectivity index (χ4v) is 2.15. The molecule has 7 heteroatoms. The van der Waals surface area contributed by atoms with E-state index in [0.29, 0.717) is 17.9 Å². The van der Waals surface area contributed by atoms with Crippen molar-refractivity contribution in [1.29, 1.82) is 0 Å². The summed E-state index contributed by atoms with van der Waals surface area (Å²) in [6.07, 6.45) is 1.07. The van der Waals surface area contributed by atoms with E-state index in [1.807, 2.05) is 25.9 Å². The highest BCUT2D eigenvalue weighted by Crippen LogP contribution is 2.12. The van der Waals surface area contributed by atoms with Crippen molar-refractivity contribution in [2.75, 3.05) is 41.6 Å². The van der Waals surface area contributed by atoms with Crippen LogP contribution in [-0.2, 0) is 0 Å². The van der Waals surface area contributed by atoms with E-state index >= 15 is 0 Å². The van der Waals surface area contributed by atoms with Crippen LogP contribution in [0.25, 0.3) is 0 Å². The molecule has 0 saturated carbocycles. The van der Waals surface area contributed by atoms with Crippen LogP contribution in [0, 0.1) is 0 Å². The average Bonchev–Trinajstić information content (AvgIpc) is 2.28. The second-order valence-electron chi connectivity index (χ2n) is 4.24. The van der Waals surface area contributed by atoms with Crippen LogP contribution in [0.5, 0.6) is 0 Å². The molecule has 0 amide bonds. The quantitative estimate of drug-likeness (QED) is 0.726. The number of nitrogens with two attached hydrogens (primary N) is 1. The molecular formula is C11H22N6S. The van der Waals surface area contributed by atoms with Gasteiger partial charge in [0.1, 0.15) is 0 Å². The summed E-state index contributed by atoms with van der Waals surface area (Å²) >= 11 is 1.93. The predicted octanol–water partition coefficient (Wildman–Crippen LogP) is 1.46. The minimum Gasteiger partial charge on any atom is -0.368 e. The number of nitrogen functional groups attached to an aromatic ring is 1. The molecule has 102 valence electrons. The van der Waals surface area contributed by atoms with Gasteiger partial charge in [-0.1, -0.05) is 6.92 Å². The molecule has 0 saturated heterocycles. The molecule has 0 aliphatic rings. The standard InChI is InChI=1S/C11H22N6S/c1-5-18-7-6-8(2)13-10-14-9(12)15-11(16-10)17(3)4/h8H,5-7H2,1-4H3,(H3,12,13,14,15,16). The van der Waals surface area contributed by atoms with Gasteiger partial charge in [0.05, 0.1) is 0 Å². The predicted molar refractivity (Wildman–Crippen MR) is 79.3 cm³/mol. The third-order valence-corrected chi connectivity index (χ3v) is 3.25. The summed E-state index contributed by atoms with van der Waals surface area (Å²) in [4.78, 5) is 14.3. The van der Waals surface area contributed by atoms with Crippen molar-refractivity contribution in [3.63, 3.8) is 0 Å². The van der Waals surface area contributed by atoms with Crippen molar-refractivity contribution in [2.45, 2.75) is 26.3 Å². The van der Waals surface area contributed by atoms with Gasteiger partial charge in [0, 0.05) is 20.1 Å². The molecule has 1 aromatic rings. The van der Waals surface area contributed by atoms with Gasteiger partial charge in [0.2, 0.25) is 17.8 Å². The summed E-state index contributed by atoms with van der Waals surface area (Å²) in [7, 11) is 3.75. The third-order valence-electron chi connectivity index (χ3n) is 2.32. The molecule has 1 heterocycles. The molecule has 1 aromatic heterocycles. The first-order valence-corrected chi connectivity index (χ1v) is 7.21. The summed E-state index contributed by atoms with van der Waals surface area (Å²) in [6.45, 7) is 4.28. The number of hydrogen-bond acceptors (Lipinski definition) is 7. The maximum Gasteiger partial charge on any atom is 0.231 e. The summed E-state index contributed by atoms with van der Waals surface area (Å²) < 4.78 is 0. The monoisotopic (exact) mass is 270 g/mol. The Bertz CT molecular complexity index is 371. The summed E-state index contributed by atoms with van der Waals surface area (Å²) in [6, 6.07) is 0.320. The Hall–Kier alpha value is -1.24. The van der Waals surface area contributed by atoms with E-state index in [9.17, 15) is 0 Å². The van der Waals surface area contributed by atoms with Crippen molar-refractivity contribution in [2.24, 2.45) is 0 Å². The molecule has 0 spiro atoms. The highest BCUT2D eigenvalue weighted by molar-refractivity contribution is 7.99. The first-order valence-electron chi connectivity index (χ1n) is 6.06. The molecule has 0 radical (unpaired) electrons. The first kappa shape index (κ1) is 14.8. The second-order valence-corrected chi connectivity index (χ2v) is 5.64. The van der Waals surface area contributed by atoms with Crippen molar-refractivity contribution in [3.05, 3.63) is 0 Å². The van der Waals surface area contributed by atoms with Crippen molar-refractivity contribution >= 4 is 29.6 Å². The zero-order valence-corrected chi connectivity index (χ0v) is 12.3. The first-order chi connectivity index (χ1) is 8.52. The van der Waals surface area contributed by atoms with E-state index in [1.54, 1.807) is 4.90 Å². The fraction of sp³-hybridized carbons (Fsp3) is 0.727. The highest BCUT2D eigenvalue weighted by Gasteiger charge is 2.08. The lowest BCUT2D eigenvalue weighted by Crippen LogP contribution is -2.21. The molecule has 1 rings (SSSR count). The molecule has 0 aromatic carbocycles. The van der Waals surface area contributed by atoms with Gasteiger partial charge >= 0.3 is 0 Å². The molecule has 18 heavy (non-hydrogen) atoms. The molecule has 0 aliphatic heterocycles. The van der Waals surface area contributed by atoms with Crippen LogP contribution in [0.4, 0.5) is 17.8 Å². The fourth-order valence-electron chi connectivity index (χ4n) is 1.34. The van der Waals surface area contributed by atoms with Gasteiger partial charge in [-0.2, -0.15) is 26.7 Å². The average molecular weight is 270 g/mol. The Morgan fingerprint density at radius 2 is 2.06 bits per heavy atom. The third kappa shape index (κ3) is 4.95. The lowest BCUT2D eigenvalue weighted by Gasteiger charge is -2.15. The Morgan fingerprint density at radius 3 is 2.67 bits per heavy atom. The Labute approximate surface area is 113 Å². The SMILES string of the molecule is CCSCCC(C)Nc1nc(N)nc(N(C)C)n1. The van der Waals surface area contributed by atoms with Crippen molar-refractivity contribution in [3.8, 4) is 0 Å². The normalized spacial score (nSPS) is 12.2. The zero-order chi connectivity index (χ0) is 13.5. The number of hydrogen-bond donors (Lipinski definition) is 2. The number of aromatic nitrogens is 3. The number of thioether (sulfide) groups is 1. The Kier molecular flexibility index (Phi) is 5.97. The maximum absolute atomic E-state index is 5.66.